The number of methoxy groups -OCH3 is 2. The highest BCUT2D eigenvalue weighted by molar-refractivity contribution is 7.90. The quantitative estimate of drug-likeness (QED) is 0.105. The number of nitrogens with zero attached hydrogens (tertiary/aromatic N) is 3. The van der Waals surface area contributed by atoms with Crippen LogP contribution in [0.2, 0.25) is 0 Å². The van der Waals surface area contributed by atoms with Crippen LogP contribution in [0.1, 0.15) is 123 Å². The average Bonchev–Trinajstić information content (AvgIpc) is 4.09. The Labute approximate surface area is 364 Å². The van der Waals surface area contributed by atoms with Crippen molar-refractivity contribution in [1.82, 2.24) is 19.6 Å². The van der Waals surface area contributed by atoms with Crippen LogP contribution in [0, 0.1) is 46.3 Å². The van der Waals surface area contributed by atoms with E-state index in [0.717, 1.165) is 37.0 Å². The van der Waals surface area contributed by atoms with Gasteiger partial charge in [0.05, 0.1) is 60.8 Å². The standard InChI is InChI=1S/C46H64F2N4O9S/c1-7-31-38(61-42-35(49-34-18-15-29(59-5)21-36(34)50-42)12-10-8-9-11-27-19-26-13-14-28(27)20-26)25-52(43(55)32(45(2,3)4)22-39(54)60-6)40(31)37(53)24-46(23-33(46)41(47)48)44(56)51-62(57,58)30-16-17-30/h15,18,21,26-28,30-33,38,40-41H,7-14,16-17,19-20,22-25H2,1-6H3,(H,51,56)/t26-,27+,28-,31-,32-,33+,38+,40+,46-/m1/s1. The number of nitrogens with one attached hydrogen (secondary N) is 1. The van der Waals surface area contributed by atoms with Crippen molar-refractivity contribution in [2.45, 2.75) is 148 Å². The number of carbonyl (C=O) groups is 4. The summed E-state index contributed by atoms with van der Waals surface area (Å²) in [6, 6.07) is 4.16. The molecule has 1 saturated heterocycles. The van der Waals surface area contributed by atoms with Gasteiger partial charge in [0.1, 0.15) is 17.5 Å². The molecule has 0 spiro atoms. The summed E-state index contributed by atoms with van der Waals surface area (Å²) in [5, 5.41) is -0.784. The molecule has 62 heavy (non-hydrogen) atoms. The number of hydrogen-bond donors (Lipinski definition) is 1. The number of carbonyl (C=O) groups excluding carboxylic acids is 4. The first-order valence-electron chi connectivity index (χ1n) is 22.6. The lowest BCUT2D eigenvalue weighted by atomic mass is 9.77. The third kappa shape index (κ3) is 9.74. The lowest BCUT2D eigenvalue weighted by Gasteiger charge is -2.35. The summed E-state index contributed by atoms with van der Waals surface area (Å²) in [7, 11) is -1.32. The number of unbranched alkanes of at least 4 members (excludes halogenated alkanes) is 2. The van der Waals surface area contributed by atoms with E-state index in [0.29, 0.717) is 48.2 Å². The summed E-state index contributed by atoms with van der Waals surface area (Å²) in [5.41, 5.74) is -0.935. The van der Waals surface area contributed by atoms with Gasteiger partial charge in [0.15, 0.2) is 5.78 Å². The first-order valence-corrected chi connectivity index (χ1v) is 24.2. The molecule has 1 aliphatic heterocycles. The van der Waals surface area contributed by atoms with E-state index in [4.69, 9.17) is 24.2 Å². The van der Waals surface area contributed by atoms with Gasteiger partial charge in [-0.1, -0.05) is 53.4 Å². The van der Waals surface area contributed by atoms with Gasteiger partial charge in [0, 0.05) is 24.3 Å². The summed E-state index contributed by atoms with van der Waals surface area (Å²) < 4.78 is 73.7. The molecule has 2 aromatic rings. The number of rotatable bonds is 20. The number of aryl methyl sites for hydroxylation is 1. The molecule has 7 rings (SSSR count). The lowest BCUT2D eigenvalue weighted by Crippen LogP contribution is -2.50. The molecule has 2 amide bonds. The topological polar surface area (TPSA) is 171 Å². The van der Waals surface area contributed by atoms with Gasteiger partial charge < -0.3 is 19.1 Å². The maximum absolute atomic E-state index is 14.8. The predicted octanol–water partition coefficient (Wildman–Crippen LogP) is 7.23. The van der Waals surface area contributed by atoms with Crippen molar-refractivity contribution >= 4 is 44.6 Å². The highest BCUT2D eigenvalue weighted by atomic mass is 32.2. The number of hydrogen-bond acceptors (Lipinski definition) is 11. The van der Waals surface area contributed by atoms with E-state index in [9.17, 15) is 36.4 Å². The van der Waals surface area contributed by atoms with Crippen molar-refractivity contribution in [3.8, 4) is 11.6 Å². The number of ether oxygens (including phenoxy) is 3. The van der Waals surface area contributed by atoms with Gasteiger partial charge in [0.2, 0.25) is 34.1 Å². The molecule has 2 heterocycles. The van der Waals surface area contributed by atoms with Crippen LogP contribution in [0.5, 0.6) is 11.6 Å². The zero-order valence-corrected chi connectivity index (χ0v) is 37.8. The molecular formula is C46H64F2N4O9S. The summed E-state index contributed by atoms with van der Waals surface area (Å²) in [5.74, 6) is -2.66. The molecule has 9 atom stereocenters. The highest BCUT2D eigenvalue weighted by Crippen LogP contribution is 2.59. The van der Waals surface area contributed by atoms with Crippen LogP contribution >= 0.6 is 0 Å². The fraction of sp³-hybridized carbons (Fsp3) is 0.739. The van der Waals surface area contributed by atoms with E-state index in [2.05, 4.69) is 0 Å². The Kier molecular flexibility index (Phi) is 13.6. The van der Waals surface area contributed by atoms with Crippen molar-refractivity contribution in [2.75, 3.05) is 20.8 Å². The smallest absolute Gasteiger partial charge is 0.306 e. The van der Waals surface area contributed by atoms with Gasteiger partial charge in [-0.25, -0.2) is 27.2 Å². The van der Waals surface area contributed by atoms with Crippen LogP contribution in [0.25, 0.3) is 11.0 Å². The van der Waals surface area contributed by atoms with Gasteiger partial charge in [-0.2, -0.15) is 0 Å². The monoisotopic (exact) mass is 886 g/mol. The maximum atomic E-state index is 14.8. The Hall–Kier alpha value is -3.95. The van der Waals surface area contributed by atoms with Crippen LogP contribution < -0.4 is 14.2 Å². The van der Waals surface area contributed by atoms with Crippen molar-refractivity contribution in [3.05, 3.63) is 23.9 Å². The van der Waals surface area contributed by atoms with E-state index < -0.39 is 92.4 Å². The summed E-state index contributed by atoms with van der Waals surface area (Å²) in [6.45, 7) is 7.14. The molecule has 0 radical (unpaired) electrons. The number of fused-ring (bicyclic) bond motifs is 3. The number of benzene rings is 1. The first kappa shape index (κ1) is 46.1. The third-order valence-electron chi connectivity index (χ3n) is 14.7. The van der Waals surface area contributed by atoms with Gasteiger partial charge in [-0.05, 0) is 93.1 Å². The maximum Gasteiger partial charge on any atom is 0.306 e. The Bertz CT molecular complexity index is 2130. The number of halogens is 2. The number of likely N-dealkylation sites (tertiary alicyclic amines) is 1. The van der Waals surface area contributed by atoms with Crippen LogP contribution in [-0.4, -0.2) is 91.4 Å². The summed E-state index contributed by atoms with van der Waals surface area (Å²) in [6.07, 6.45) is 6.14. The van der Waals surface area contributed by atoms with Gasteiger partial charge >= 0.3 is 5.97 Å². The number of ketones is 1. The molecule has 13 nitrogen and oxygen atoms in total. The van der Waals surface area contributed by atoms with Crippen molar-refractivity contribution in [1.29, 1.82) is 0 Å². The van der Waals surface area contributed by atoms with Crippen molar-refractivity contribution in [2.24, 2.45) is 46.3 Å². The second kappa shape index (κ2) is 18.3. The zero-order chi connectivity index (χ0) is 44.7. The zero-order valence-electron chi connectivity index (χ0n) is 37.0. The number of esters is 1. The molecule has 0 unspecified atom stereocenters. The van der Waals surface area contributed by atoms with Crippen LogP contribution in [0.4, 0.5) is 8.78 Å². The van der Waals surface area contributed by atoms with E-state index in [1.165, 1.54) is 44.1 Å². The van der Waals surface area contributed by atoms with E-state index in [1.807, 2.05) is 23.8 Å². The minimum atomic E-state index is -4.10. The van der Waals surface area contributed by atoms with Crippen LogP contribution in [0.3, 0.4) is 0 Å². The van der Waals surface area contributed by atoms with Gasteiger partial charge in [-0.15, -0.1) is 0 Å². The second-order valence-electron chi connectivity index (χ2n) is 19.8. The van der Waals surface area contributed by atoms with Crippen LogP contribution in [0.15, 0.2) is 18.2 Å². The van der Waals surface area contributed by atoms with Gasteiger partial charge in [-0.3, -0.25) is 23.9 Å². The minimum Gasteiger partial charge on any atom is -0.497 e. The molecule has 2 bridgehead atoms. The van der Waals surface area contributed by atoms with Crippen molar-refractivity contribution in [3.63, 3.8) is 0 Å². The Morgan fingerprint density at radius 3 is 2.35 bits per heavy atom. The second-order valence-corrected chi connectivity index (χ2v) is 21.8. The average molecular weight is 887 g/mol. The fourth-order valence-electron chi connectivity index (χ4n) is 10.8. The number of aromatic nitrogens is 2. The molecule has 342 valence electrons. The molecule has 4 saturated carbocycles. The summed E-state index contributed by atoms with van der Waals surface area (Å²) >= 11 is 0. The third-order valence-corrected chi connectivity index (χ3v) is 16.6. The molecule has 5 fully saturated rings. The first-order chi connectivity index (χ1) is 29.4. The molecule has 1 aromatic carbocycles. The number of amides is 2. The van der Waals surface area contributed by atoms with Crippen molar-refractivity contribution < 1.29 is 50.6 Å². The normalized spacial score (nSPS) is 28.6. The molecule has 16 heteroatoms. The number of Topliss-reactive ketones (excluding diaryl/α,β-unsaturated/α-hetero) is 1. The molecular weight excluding hydrogens is 823 g/mol. The highest BCUT2D eigenvalue weighted by Gasteiger charge is 2.66. The number of sulfonamides is 1. The fourth-order valence-corrected chi connectivity index (χ4v) is 12.2. The van der Waals surface area contributed by atoms with E-state index in [-0.39, 0.29) is 25.3 Å². The Morgan fingerprint density at radius 1 is 1.00 bits per heavy atom. The Balaban J connectivity index is 1.18. The van der Waals surface area contributed by atoms with Crippen LogP contribution in [-0.2, 0) is 40.4 Å². The SMILES string of the molecule is CC[C@@H]1[C@@H](Oc2nc3cc(OC)ccc3nc2CCCCC[C@H]2C[C@H]3CC[C@@H]2C3)CN(C(=O)[C@@H](CC(=O)OC)C(C)(C)C)[C@@H]1C(=O)C[C@]1(C(=O)NS(=O)(=O)C2CC2)C[C@H]1C(F)F. The number of alkyl halides is 2. The molecule has 1 aromatic heterocycles. The molecule has 5 aliphatic rings. The molecule has 4 aliphatic carbocycles. The van der Waals surface area contributed by atoms with Gasteiger partial charge in [0.25, 0.3) is 0 Å². The van der Waals surface area contributed by atoms with E-state index >= 15 is 0 Å². The van der Waals surface area contributed by atoms with E-state index in [1.54, 1.807) is 33.9 Å². The summed E-state index contributed by atoms with van der Waals surface area (Å²) in [4.78, 5) is 67.3. The molecule has 1 N–H and O–H groups in total. The lowest BCUT2D eigenvalue weighted by molar-refractivity contribution is -0.152. The predicted molar refractivity (Wildman–Crippen MR) is 227 cm³/mol. The largest absolute Gasteiger partial charge is 0.497 e. The minimum absolute atomic E-state index is 0.101. The Morgan fingerprint density at radius 2 is 1.76 bits per heavy atom.